The zero-order valence-corrected chi connectivity index (χ0v) is 15.8. The van der Waals surface area contributed by atoms with Crippen LogP contribution in [0.4, 0.5) is 0 Å². The lowest BCUT2D eigenvalue weighted by Gasteiger charge is -2.36. The van der Waals surface area contributed by atoms with Crippen LogP contribution >= 0.6 is 0 Å². The molecule has 3 aromatic rings. The van der Waals surface area contributed by atoms with E-state index in [-0.39, 0.29) is 11.8 Å². The molecule has 1 aliphatic rings. The highest BCUT2D eigenvalue weighted by atomic mass is 16.2. The van der Waals surface area contributed by atoms with E-state index in [0.717, 1.165) is 56.0 Å². The maximum absolute atomic E-state index is 13.0. The topological polar surface area (TPSA) is 40.9 Å². The average molecular weight is 362 g/mol. The van der Waals surface area contributed by atoms with E-state index in [4.69, 9.17) is 0 Å². The second kappa shape index (κ2) is 7.92. The molecule has 1 amide bonds. The Labute approximate surface area is 160 Å². The van der Waals surface area contributed by atoms with E-state index >= 15 is 0 Å². The zero-order chi connectivity index (χ0) is 18.6. The summed E-state index contributed by atoms with van der Waals surface area (Å²) in [5.74, 6) is 0.229. The molecule has 3 heterocycles. The van der Waals surface area contributed by atoms with Gasteiger partial charge in [0.05, 0.1) is 11.6 Å². The molecule has 1 saturated heterocycles. The van der Waals surface area contributed by atoms with Crippen molar-refractivity contribution in [3.8, 4) is 0 Å². The largest absolute Gasteiger partial charge is 0.340 e. The van der Waals surface area contributed by atoms with Gasteiger partial charge in [0, 0.05) is 45.1 Å². The normalized spacial score (nSPS) is 16.6. The molecule has 1 aliphatic heterocycles. The summed E-state index contributed by atoms with van der Waals surface area (Å²) in [4.78, 5) is 22.1. The second-order valence-electron chi connectivity index (χ2n) is 7.17. The molecule has 1 fully saturated rings. The predicted octanol–water partition coefficient (Wildman–Crippen LogP) is 3.17. The molecule has 5 heteroatoms. The van der Waals surface area contributed by atoms with Crippen LogP contribution in [0, 0.1) is 0 Å². The SMILES string of the molecule is CCC(C(=O)N1CCN(Cc2cn3ccccc3n2)CC1)c1ccccc1. The third-order valence-electron chi connectivity index (χ3n) is 5.39. The van der Waals surface area contributed by atoms with Crippen LogP contribution in [-0.2, 0) is 11.3 Å². The summed E-state index contributed by atoms with van der Waals surface area (Å²) in [7, 11) is 0. The molecule has 0 radical (unpaired) electrons. The van der Waals surface area contributed by atoms with Crippen molar-refractivity contribution in [2.75, 3.05) is 26.2 Å². The van der Waals surface area contributed by atoms with Gasteiger partial charge in [-0.1, -0.05) is 43.3 Å². The number of nitrogens with zero attached hydrogens (tertiary/aromatic N) is 4. The van der Waals surface area contributed by atoms with Crippen LogP contribution in [0.15, 0.2) is 60.9 Å². The number of hydrogen-bond donors (Lipinski definition) is 0. The van der Waals surface area contributed by atoms with Gasteiger partial charge in [0.25, 0.3) is 0 Å². The monoisotopic (exact) mass is 362 g/mol. The molecule has 0 spiro atoms. The first-order valence-corrected chi connectivity index (χ1v) is 9.73. The highest BCUT2D eigenvalue weighted by Crippen LogP contribution is 2.23. The Hall–Kier alpha value is -2.66. The summed E-state index contributed by atoms with van der Waals surface area (Å²) >= 11 is 0. The van der Waals surface area contributed by atoms with Crippen molar-refractivity contribution >= 4 is 11.6 Å². The Morgan fingerprint density at radius 2 is 1.78 bits per heavy atom. The van der Waals surface area contributed by atoms with Crippen LogP contribution in [0.3, 0.4) is 0 Å². The van der Waals surface area contributed by atoms with Crippen LogP contribution in [0.5, 0.6) is 0 Å². The highest BCUT2D eigenvalue weighted by molar-refractivity contribution is 5.83. The van der Waals surface area contributed by atoms with Gasteiger partial charge in [-0.15, -0.1) is 0 Å². The van der Waals surface area contributed by atoms with Crippen LogP contribution in [0.1, 0.15) is 30.5 Å². The van der Waals surface area contributed by atoms with Crippen LogP contribution in [0.25, 0.3) is 5.65 Å². The third kappa shape index (κ3) is 3.88. The van der Waals surface area contributed by atoms with E-state index < -0.39 is 0 Å². The van der Waals surface area contributed by atoms with Gasteiger partial charge in [0.2, 0.25) is 5.91 Å². The summed E-state index contributed by atoms with van der Waals surface area (Å²) in [5.41, 5.74) is 3.18. The number of amides is 1. The number of piperazine rings is 1. The molecule has 0 saturated carbocycles. The van der Waals surface area contributed by atoms with Gasteiger partial charge < -0.3 is 9.30 Å². The van der Waals surface area contributed by atoms with Crippen molar-refractivity contribution in [1.82, 2.24) is 19.2 Å². The van der Waals surface area contributed by atoms with Gasteiger partial charge in [-0.05, 0) is 24.1 Å². The summed E-state index contributed by atoms with van der Waals surface area (Å²) in [6.07, 6.45) is 4.95. The van der Waals surface area contributed by atoms with Crippen molar-refractivity contribution in [2.24, 2.45) is 0 Å². The fourth-order valence-electron chi connectivity index (χ4n) is 3.88. The van der Waals surface area contributed by atoms with E-state index in [1.165, 1.54) is 0 Å². The van der Waals surface area contributed by atoms with Crippen molar-refractivity contribution in [2.45, 2.75) is 25.8 Å². The fraction of sp³-hybridized carbons (Fsp3) is 0.364. The Balaban J connectivity index is 1.36. The summed E-state index contributed by atoms with van der Waals surface area (Å²) in [5, 5.41) is 0. The van der Waals surface area contributed by atoms with E-state index in [1.54, 1.807) is 0 Å². The Morgan fingerprint density at radius 1 is 1.04 bits per heavy atom. The molecule has 1 unspecified atom stereocenters. The lowest BCUT2D eigenvalue weighted by molar-refractivity contribution is -0.134. The van der Waals surface area contributed by atoms with Gasteiger partial charge in [-0.2, -0.15) is 0 Å². The minimum absolute atomic E-state index is 0.0313. The fourth-order valence-corrected chi connectivity index (χ4v) is 3.88. The third-order valence-corrected chi connectivity index (χ3v) is 5.39. The molecule has 2 aromatic heterocycles. The summed E-state index contributed by atoms with van der Waals surface area (Å²) in [6, 6.07) is 16.2. The van der Waals surface area contributed by atoms with Gasteiger partial charge in [0.1, 0.15) is 5.65 Å². The van der Waals surface area contributed by atoms with Crippen LogP contribution < -0.4 is 0 Å². The molecule has 0 aliphatic carbocycles. The molecule has 1 atom stereocenters. The number of hydrogen-bond acceptors (Lipinski definition) is 3. The first-order valence-electron chi connectivity index (χ1n) is 9.73. The lowest BCUT2D eigenvalue weighted by atomic mass is 9.95. The molecular weight excluding hydrogens is 336 g/mol. The van der Waals surface area contributed by atoms with E-state index in [1.807, 2.05) is 47.5 Å². The molecule has 4 rings (SSSR count). The molecule has 0 bridgehead atoms. The van der Waals surface area contributed by atoms with Crippen LogP contribution in [0.2, 0.25) is 0 Å². The molecule has 27 heavy (non-hydrogen) atoms. The number of aromatic nitrogens is 2. The predicted molar refractivity (Wildman–Crippen MR) is 107 cm³/mol. The van der Waals surface area contributed by atoms with E-state index in [0.29, 0.717) is 0 Å². The standard InChI is InChI=1S/C22H26N4O/c1-2-20(18-8-4-3-5-9-18)22(27)25-14-12-24(13-15-25)16-19-17-26-11-7-6-10-21(26)23-19/h3-11,17,20H,2,12-16H2,1H3. The number of rotatable bonds is 5. The molecular formula is C22H26N4O. The Morgan fingerprint density at radius 3 is 2.48 bits per heavy atom. The summed E-state index contributed by atoms with van der Waals surface area (Å²) < 4.78 is 2.06. The highest BCUT2D eigenvalue weighted by Gasteiger charge is 2.27. The van der Waals surface area contributed by atoms with Crippen molar-refractivity contribution in [3.05, 3.63) is 72.2 Å². The summed E-state index contributed by atoms with van der Waals surface area (Å²) in [6.45, 7) is 6.29. The van der Waals surface area contributed by atoms with Gasteiger partial charge >= 0.3 is 0 Å². The average Bonchev–Trinajstić information content (AvgIpc) is 3.12. The smallest absolute Gasteiger partial charge is 0.230 e. The number of fused-ring (bicyclic) bond motifs is 1. The van der Waals surface area contributed by atoms with Gasteiger partial charge in [0.15, 0.2) is 0 Å². The quantitative estimate of drug-likeness (QED) is 0.700. The molecule has 0 N–H and O–H groups in total. The Bertz CT molecular complexity index is 864. The molecule has 5 nitrogen and oxygen atoms in total. The second-order valence-corrected chi connectivity index (χ2v) is 7.17. The maximum atomic E-state index is 13.0. The minimum Gasteiger partial charge on any atom is -0.340 e. The van der Waals surface area contributed by atoms with Gasteiger partial charge in [-0.25, -0.2) is 4.98 Å². The number of carbonyl (C=O) groups excluding carboxylic acids is 1. The Kier molecular flexibility index (Phi) is 5.21. The first-order chi connectivity index (χ1) is 13.2. The minimum atomic E-state index is -0.0313. The van der Waals surface area contributed by atoms with E-state index in [9.17, 15) is 4.79 Å². The van der Waals surface area contributed by atoms with E-state index in [2.05, 4.69) is 39.5 Å². The van der Waals surface area contributed by atoms with Crippen molar-refractivity contribution < 1.29 is 4.79 Å². The first kappa shape index (κ1) is 17.7. The lowest BCUT2D eigenvalue weighted by Crippen LogP contribution is -2.49. The molecule has 140 valence electrons. The zero-order valence-electron chi connectivity index (χ0n) is 15.8. The number of carbonyl (C=O) groups is 1. The maximum Gasteiger partial charge on any atom is 0.230 e. The van der Waals surface area contributed by atoms with Crippen molar-refractivity contribution in [3.63, 3.8) is 0 Å². The van der Waals surface area contributed by atoms with Crippen LogP contribution in [-0.4, -0.2) is 51.3 Å². The number of benzene rings is 1. The molecule has 1 aromatic carbocycles. The van der Waals surface area contributed by atoms with Crippen molar-refractivity contribution in [1.29, 1.82) is 0 Å². The van der Waals surface area contributed by atoms with Gasteiger partial charge in [-0.3, -0.25) is 9.69 Å². The number of pyridine rings is 1. The number of imidazole rings is 1.